The summed E-state index contributed by atoms with van der Waals surface area (Å²) in [5.41, 5.74) is -0.463. The van der Waals surface area contributed by atoms with E-state index in [0.29, 0.717) is 44.9 Å². The zero-order valence-corrected chi connectivity index (χ0v) is 24.5. The minimum atomic E-state index is -5.02. The van der Waals surface area contributed by atoms with Gasteiger partial charge in [-0.05, 0) is 55.2 Å². The Bertz CT molecular complexity index is 1140. The molecule has 0 spiro atoms. The van der Waals surface area contributed by atoms with Crippen molar-refractivity contribution in [2.45, 2.75) is 38.7 Å². The van der Waals surface area contributed by atoms with Gasteiger partial charge < -0.3 is 9.64 Å². The van der Waals surface area contributed by atoms with E-state index in [1.807, 2.05) is 32.0 Å². The second-order valence-corrected chi connectivity index (χ2v) is 10.3. The van der Waals surface area contributed by atoms with Crippen LogP contribution in [0.25, 0.3) is 0 Å². The van der Waals surface area contributed by atoms with Crippen LogP contribution in [0.5, 0.6) is 0 Å². The van der Waals surface area contributed by atoms with Gasteiger partial charge in [0.2, 0.25) is 0 Å². The van der Waals surface area contributed by atoms with E-state index in [-0.39, 0.29) is 37.4 Å². The lowest BCUT2D eigenvalue weighted by atomic mass is 9.97. The third kappa shape index (κ3) is 9.22. The molecule has 0 aliphatic carbocycles. The van der Waals surface area contributed by atoms with Crippen LogP contribution in [-0.2, 0) is 23.5 Å². The first-order valence-electron chi connectivity index (χ1n) is 13.0. The van der Waals surface area contributed by atoms with Crippen molar-refractivity contribution in [1.29, 1.82) is 0 Å². The molecule has 1 unspecified atom stereocenters. The van der Waals surface area contributed by atoms with Crippen molar-refractivity contribution in [1.82, 2.24) is 14.7 Å². The Morgan fingerprint density at radius 3 is 1.95 bits per heavy atom. The number of hydrogen-bond donors (Lipinski definition) is 0. The Hall–Kier alpha value is -2.05. The highest BCUT2D eigenvalue weighted by atomic mass is 35.5. The maximum atomic E-state index is 13.5. The highest BCUT2D eigenvalue weighted by Crippen LogP contribution is 2.37. The van der Waals surface area contributed by atoms with E-state index < -0.39 is 41.0 Å². The normalized spacial score (nSPS) is 18.9. The molecule has 2 aromatic rings. The number of aryl methyl sites for hydroxylation is 2. The fourth-order valence-electron chi connectivity index (χ4n) is 5.12. The molecule has 1 amide bonds. The summed E-state index contributed by atoms with van der Waals surface area (Å²) >= 11 is 0. The van der Waals surface area contributed by atoms with E-state index in [9.17, 15) is 31.1 Å². The number of benzene rings is 2. The number of ether oxygens (including phenoxy) is 1. The van der Waals surface area contributed by atoms with Gasteiger partial charge in [0.05, 0.1) is 24.3 Å². The largest absolute Gasteiger partial charge is 0.416 e. The highest BCUT2D eigenvalue weighted by molar-refractivity contribution is 5.95. The van der Waals surface area contributed by atoms with E-state index >= 15 is 0 Å². The number of piperazine rings is 1. The lowest BCUT2D eigenvalue weighted by Crippen LogP contribution is -2.57. The van der Waals surface area contributed by atoms with E-state index in [2.05, 4.69) is 9.80 Å². The van der Waals surface area contributed by atoms with Crippen molar-refractivity contribution in [2.24, 2.45) is 0 Å². The predicted octanol–water partition coefficient (Wildman–Crippen LogP) is 5.89. The molecule has 2 fully saturated rings. The van der Waals surface area contributed by atoms with Crippen molar-refractivity contribution < 1.29 is 35.9 Å². The van der Waals surface area contributed by atoms with Gasteiger partial charge in [-0.2, -0.15) is 26.3 Å². The average molecular weight is 631 g/mol. The zero-order valence-electron chi connectivity index (χ0n) is 22.9. The minimum absolute atomic E-state index is 0. The summed E-state index contributed by atoms with van der Waals surface area (Å²) < 4.78 is 86.1. The molecule has 0 N–H and O–H groups in total. The van der Waals surface area contributed by atoms with Crippen molar-refractivity contribution in [3.05, 3.63) is 69.8 Å². The highest BCUT2D eigenvalue weighted by Gasteiger charge is 2.39. The number of amides is 1. The molecule has 2 aromatic carbocycles. The van der Waals surface area contributed by atoms with Gasteiger partial charge in [0.1, 0.15) is 0 Å². The van der Waals surface area contributed by atoms with E-state index in [1.165, 1.54) is 4.90 Å². The standard InChI is InChI=1S/C28H33F6N3O2.2ClH/c1-19-3-4-21(13-20(19)2)14-25-18-36(6-5-35-9-11-39-12-10-35)7-8-37(25)26(38)22-15-23(27(29,30)31)17-24(16-22)28(32,33)34;;/h3-4,13,15-17,25H,5-12,14,18H2,1-2H3;2*1H. The topological polar surface area (TPSA) is 36.0 Å². The monoisotopic (exact) mass is 629 g/mol. The summed E-state index contributed by atoms with van der Waals surface area (Å²) in [6, 6.07) is 6.61. The van der Waals surface area contributed by atoms with Crippen LogP contribution in [0.1, 0.15) is 38.2 Å². The molecule has 2 saturated heterocycles. The third-order valence-corrected chi connectivity index (χ3v) is 7.54. The van der Waals surface area contributed by atoms with Crippen LogP contribution in [0.3, 0.4) is 0 Å². The van der Waals surface area contributed by atoms with E-state index in [4.69, 9.17) is 4.74 Å². The minimum Gasteiger partial charge on any atom is -0.379 e. The Balaban J connectivity index is 0.00000294. The number of rotatable bonds is 6. The number of carbonyl (C=O) groups is 1. The van der Waals surface area contributed by atoms with Gasteiger partial charge in [-0.3, -0.25) is 14.6 Å². The van der Waals surface area contributed by atoms with Gasteiger partial charge in [-0.1, -0.05) is 18.2 Å². The lowest BCUT2D eigenvalue weighted by molar-refractivity contribution is -0.143. The first-order chi connectivity index (χ1) is 18.3. The third-order valence-electron chi connectivity index (χ3n) is 7.54. The van der Waals surface area contributed by atoms with Crippen molar-refractivity contribution in [3.8, 4) is 0 Å². The molecule has 4 rings (SSSR count). The molecule has 0 saturated carbocycles. The molecule has 2 heterocycles. The maximum absolute atomic E-state index is 13.5. The van der Waals surface area contributed by atoms with Crippen molar-refractivity contribution in [2.75, 3.05) is 59.0 Å². The van der Waals surface area contributed by atoms with Crippen LogP contribution in [0.2, 0.25) is 0 Å². The Kier molecular flexibility index (Phi) is 12.4. The molecule has 0 bridgehead atoms. The number of alkyl halides is 6. The van der Waals surface area contributed by atoms with Gasteiger partial charge in [0, 0.05) is 57.4 Å². The second kappa shape index (κ2) is 14.4. The van der Waals surface area contributed by atoms with Crippen LogP contribution >= 0.6 is 24.8 Å². The number of halogens is 8. The zero-order chi connectivity index (χ0) is 28.4. The van der Waals surface area contributed by atoms with Gasteiger partial charge >= 0.3 is 12.4 Å². The summed E-state index contributed by atoms with van der Waals surface area (Å²) in [6.45, 7) is 9.68. The predicted molar refractivity (Wildman–Crippen MR) is 149 cm³/mol. The summed E-state index contributed by atoms with van der Waals surface area (Å²) in [5, 5.41) is 0. The van der Waals surface area contributed by atoms with Crippen LogP contribution < -0.4 is 0 Å². The Morgan fingerprint density at radius 1 is 0.805 bits per heavy atom. The number of carbonyl (C=O) groups excluding carboxylic acids is 1. The van der Waals surface area contributed by atoms with E-state index in [0.717, 1.165) is 42.9 Å². The number of hydrogen-bond acceptors (Lipinski definition) is 4. The fourth-order valence-corrected chi connectivity index (χ4v) is 5.12. The van der Waals surface area contributed by atoms with Gasteiger partial charge in [-0.25, -0.2) is 0 Å². The molecule has 41 heavy (non-hydrogen) atoms. The van der Waals surface area contributed by atoms with Crippen molar-refractivity contribution in [3.63, 3.8) is 0 Å². The summed E-state index contributed by atoms with van der Waals surface area (Å²) in [6.07, 6.45) is -9.60. The average Bonchev–Trinajstić information content (AvgIpc) is 2.89. The van der Waals surface area contributed by atoms with Crippen molar-refractivity contribution >= 4 is 30.7 Å². The first-order valence-corrected chi connectivity index (χ1v) is 13.0. The SMILES string of the molecule is Cc1ccc(CC2CN(CCN3CCOCC3)CCN2C(=O)c2cc(C(F)(F)F)cc(C(F)(F)F)c2)cc1C.Cl.Cl. The van der Waals surface area contributed by atoms with Crippen LogP contribution in [0.15, 0.2) is 36.4 Å². The Morgan fingerprint density at radius 2 is 1.39 bits per heavy atom. The Labute approximate surface area is 248 Å². The molecule has 5 nitrogen and oxygen atoms in total. The van der Waals surface area contributed by atoms with Gasteiger partial charge in [0.25, 0.3) is 5.91 Å². The molecule has 1 atom stereocenters. The summed E-state index contributed by atoms with van der Waals surface area (Å²) in [4.78, 5) is 19.5. The molecule has 13 heteroatoms. The molecular weight excluding hydrogens is 595 g/mol. The first kappa shape index (κ1) is 35.1. The number of morpholine rings is 1. The fraction of sp³-hybridized carbons (Fsp3) is 0.536. The van der Waals surface area contributed by atoms with Crippen LogP contribution in [0.4, 0.5) is 26.3 Å². The molecular formula is C28H35Cl2F6N3O2. The smallest absolute Gasteiger partial charge is 0.379 e. The quantitative estimate of drug-likeness (QED) is 0.374. The number of nitrogens with zero attached hydrogens (tertiary/aromatic N) is 3. The van der Waals surface area contributed by atoms with Gasteiger partial charge in [0.15, 0.2) is 0 Å². The van der Waals surface area contributed by atoms with Crippen LogP contribution in [0, 0.1) is 13.8 Å². The van der Waals surface area contributed by atoms with E-state index in [1.54, 1.807) is 0 Å². The summed E-state index contributed by atoms with van der Waals surface area (Å²) in [7, 11) is 0. The molecule has 0 aromatic heterocycles. The maximum Gasteiger partial charge on any atom is 0.416 e. The van der Waals surface area contributed by atoms with Crippen LogP contribution in [-0.4, -0.2) is 85.7 Å². The molecule has 230 valence electrons. The summed E-state index contributed by atoms with van der Waals surface area (Å²) in [5.74, 6) is -0.826. The van der Waals surface area contributed by atoms with Gasteiger partial charge in [-0.15, -0.1) is 24.8 Å². The molecule has 2 aliphatic heterocycles. The molecule has 0 radical (unpaired) electrons. The lowest BCUT2D eigenvalue weighted by Gasteiger charge is -2.42. The molecule has 2 aliphatic rings. The second-order valence-electron chi connectivity index (χ2n) is 10.3.